The number of hydrogen-bond acceptors (Lipinski definition) is 5. The van der Waals surface area contributed by atoms with Crippen molar-refractivity contribution < 1.29 is 4.74 Å². The maximum absolute atomic E-state index is 5.63. The third-order valence-corrected chi connectivity index (χ3v) is 6.36. The topological polar surface area (TPSA) is 52.8 Å². The number of fused-ring (bicyclic) bond motifs is 1. The number of ether oxygens (including phenoxy) is 1. The highest BCUT2D eigenvalue weighted by Gasteiger charge is 2.16. The molecule has 0 N–H and O–H groups in total. The van der Waals surface area contributed by atoms with Gasteiger partial charge in [0, 0.05) is 29.4 Å². The summed E-state index contributed by atoms with van der Waals surface area (Å²) in [5.74, 6) is 2.52. The molecule has 5 aromatic rings. The molecular weight excluding hydrogens is 428 g/mol. The number of para-hydroxylation sites is 1. The van der Waals surface area contributed by atoms with Crippen molar-refractivity contribution in [2.75, 3.05) is 6.61 Å². The molecule has 0 spiro atoms. The number of rotatable bonds is 8. The van der Waals surface area contributed by atoms with Gasteiger partial charge in [-0.1, -0.05) is 66.4 Å². The SMILES string of the molecule is CCOc1ccc(-n2c(Cc3ccccc3)nnc2SCc2cccc3cccnc23)cc1. The highest BCUT2D eigenvalue weighted by atomic mass is 32.2. The van der Waals surface area contributed by atoms with Crippen LogP contribution in [0.5, 0.6) is 5.75 Å². The molecule has 0 amide bonds. The van der Waals surface area contributed by atoms with Gasteiger partial charge >= 0.3 is 0 Å². The van der Waals surface area contributed by atoms with Crippen LogP contribution in [0.3, 0.4) is 0 Å². The van der Waals surface area contributed by atoms with Gasteiger partial charge in [-0.2, -0.15) is 0 Å². The Morgan fingerprint density at radius 3 is 2.48 bits per heavy atom. The largest absolute Gasteiger partial charge is 0.494 e. The Morgan fingerprint density at radius 1 is 0.848 bits per heavy atom. The highest BCUT2D eigenvalue weighted by molar-refractivity contribution is 7.98. The number of benzene rings is 3. The van der Waals surface area contributed by atoms with Gasteiger partial charge in [0.1, 0.15) is 11.6 Å². The minimum absolute atomic E-state index is 0.644. The number of hydrogen-bond donors (Lipinski definition) is 0. The van der Waals surface area contributed by atoms with Crippen LogP contribution in [0.25, 0.3) is 16.6 Å². The minimum atomic E-state index is 0.644. The van der Waals surface area contributed by atoms with E-state index in [0.717, 1.165) is 39.1 Å². The summed E-state index contributed by atoms with van der Waals surface area (Å²) < 4.78 is 7.77. The van der Waals surface area contributed by atoms with Crippen LogP contribution >= 0.6 is 11.8 Å². The van der Waals surface area contributed by atoms with E-state index in [-0.39, 0.29) is 0 Å². The molecule has 0 fully saturated rings. The van der Waals surface area contributed by atoms with E-state index in [9.17, 15) is 0 Å². The first-order valence-electron chi connectivity index (χ1n) is 11.0. The lowest BCUT2D eigenvalue weighted by Gasteiger charge is -2.12. The van der Waals surface area contributed by atoms with Crippen molar-refractivity contribution in [3.63, 3.8) is 0 Å². The van der Waals surface area contributed by atoms with Crippen LogP contribution in [0.2, 0.25) is 0 Å². The number of pyridine rings is 1. The molecule has 0 aliphatic carbocycles. The zero-order valence-corrected chi connectivity index (χ0v) is 19.2. The average molecular weight is 453 g/mol. The Bertz CT molecular complexity index is 1340. The van der Waals surface area contributed by atoms with Crippen LogP contribution in [0.4, 0.5) is 0 Å². The van der Waals surface area contributed by atoms with Crippen molar-refractivity contribution in [3.05, 3.63) is 108 Å². The van der Waals surface area contributed by atoms with E-state index in [2.05, 4.69) is 80.4 Å². The lowest BCUT2D eigenvalue weighted by Crippen LogP contribution is -2.04. The summed E-state index contributed by atoms with van der Waals surface area (Å²) in [6, 6.07) is 28.8. The van der Waals surface area contributed by atoms with E-state index in [4.69, 9.17) is 4.74 Å². The average Bonchev–Trinajstić information content (AvgIpc) is 3.26. The molecule has 0 unspecified atom stereocenters. The van der Waals surface area contributed by atoms with Gasteiger partial charge in [-0.3, -0.25) is 9.55 Å². The van der Waals surface area contributed by atoms with Crippen molar-refractivity contribution in [2.45, 2.75) is 24.3 Å². The fourth-order valence-corrected chi connectivity index (χ4v) is 4.79. The summed E-state index contributed by atoms with van der Waals surface area (Å²) in [4.78, 5) is 4.59. The third-order valence-electron chi connectivity index (χ3n) is 5.38. The van der Waals surface area contributed by atoms with Gasteiger partial charge in [0.05, 0.1) is 12.1 Å². The molecule has 33 heavy (non-hydrogen) atoms. The zero-order valence-electron chi connectivity index (χ0n) is 18.4. The van der Waals surface area contributed by atoms with Crippen LogP contribution in [0, 0.1) is 0 Å². The molecule has 2 heterocycles. The number of thioether (sulfide) groups is 1. The maximum Gasteiger partial charge on any atom is 0.196 e. The summed E-state index contributed by atoms with van der Waals surface area (Å²) in [6.07, 6.45) is 2.55. The molecule has 0 aliphatic heterocycles. The highest BCUT2D eigenvalue weighted by Crippen LogP contribution is 2.29. The van der Waals surface area contributed by atoms with E-state index < -0.39 is 0 Å². The van der Waals surface area contributed by atoms with Crippen LogP contribution < -0.4 is 4.74 Å². The Balaban J connectivity index is 1.48. The molecule has 6 heteroatoms. The Morgan fingerprint density at radius 2 is 1.67 bits per heavy atom. The first-order valence-corrected chi connectivity index (χ1v) is 12.0. The second kappa shape index (κ2) is 9.88. The standard InChI is InChI=1S/C27H24N4OS/c1-2-32-24-15-13-23(14-16-24)31-25(18-20-8-4-3-5-9-20)29-30-27(31)33-19-22-11-6-10-21-12-7-17-28-26(21)22/h3-17H,2,18-19H2,1H3. The Kier molecular flexibility index (Phi) is 6.35. The molecular formula is C27H24N4OS. The van der Waals surface area contributed by atoms with Crippen molar-refractivity contribution in [3.8, 4) is 11.4 Å². The lowest BCUT2D eigenvalue weighted by molar-refractivity contribution is 0.340. The van der Waals surface area contributed by atoms with Gasteiger partial charge in [-0.05, 0) is 48.4 Å². The minimum Gasteiger partial charge on any atom is -0.494 e. The van der Waals surface area contributed by atoms with Gasteiger partial charge in [0.2, 0.25) is 0 Å². The predicted octanol–water partition coefficient (Wildman–Crippen LogP) is 6.10. The molecule has 5 rings (SSSR count). The molecule has 3 aromatic carbocycles. The van der Waals surface area contributed by atoms with Crippen LogP contribution in [-0.2, 0) is 12.2 Å². The van der Waals surface area contributed by atoms with Crippen LogP contribution in [-0.4, -0.2) is 26.4 Å². The molecule has 0 atom stereocenters. The van der Waals surface area contributed by atoms with E-state index in [0.29, 0.717) is 13.0 Å². The normalized spacial score (nSPS) is 11.1. The molecule has 0 bridgehead atoms. The first kappa shape index (κ1) is 21.2. The second-order valence-corrected chi connectivity index (χ2v) is 8.55. The predicted molar refractivity (Wildman–Crippen MR) is 133 cm³/mol. The van der Waals surface area contributed by atoms with Crippen molar-refractivity contribution >= 4 is 22.7 Å². The van der Waals surface area contributed by atoms with E-state index >= 15 is 0 Å². The summed E-state index contributed by atoms with van der Waals surface area (Å²) >= 11 is 1.67. The van der Waals surface area contributed by atoms with Gasteiger partial charge in [-0.15, -0.1) is 10.2 Å². The van der Waals surface area contributed by atoms with E-state index in [1.54, 1.807) is 11.8 Å². The van der Waals surface area contributed by atoms with Crippen molar-refractivity contribution in [1.29, 1.82) is 0 Å². The lowest BCUT2D eigenvalue weighted by atomic mass is 10.1. The van der Waals surface area contributed by atoms with E-state index in [1.807, 2.05) is 37.4 Å². The van der Waals surface area contributed by atoms with Crippen molar-refractivity contribution in [2.24, 2.45) is 0 Å². The summed E-state index contributed by atoms with van der Waals surface area (Å²) in [7, 11) is 0. The fraction of sp³-hybridized carbons (Fsp3) is 0.148. The quantitative estimate of drug-likeness (QED) is 0.266. The fourth-order valence-electron chi connectivity index (χ4n) is 3.83. The van der Waals surface area contributed by atoms with Gasteiger partial charge in [0.25, 0.3) is 0 Å². The van der Waals surface area contributed by atoms with E-state index in [1.165, 1.54) is 11.1 Å². The molecule has 0 saturated carbocycles. The molecule has 0 aliphatic rings. The molecule has 0 radical (unpaired) electrons. The summed E-state index contributed by atoms with van der Waals surface area (Å²) in [5.41, 5.74) is 4.44. The monoisotopic (exact) mass is 452 g/mol. The van der Waals surface area contributed by atoms with Gasteiger partial charge in [0.15, 0.2) is 5.16 Å². The summed E-state index contributed by atoms with van der Waals surface area (Å²) in [5, 5.41) is 11.1. The van der Waals surface area contributed by atoms with Crippen LogP contribution in [0.1, 0.15) is 23.9 Å². The molecule has 2 aromatic heterocycles. The van der Waals surface area contributed by atoms with Crippen LogP contribution in [0.15, 0.2) is 96.3 Å². The molecule has 0 saturated heterocycles. The maximum atomic E-state index is 5.63. The smallest absolute Gasteiger partial charge is 0.196 e. The second-order valence-electron chi connectivity index (χ2n) is 7.60. The summed E-state index contributed by atoms with van der Waals surface area (Å²) in [6.45, 7) is 2.63. The number of nitrogens with zero attached hydrogens (tertiary/aromatic N) is 4. The Labute approximate surface area is 197 Å². The zero-order chi connectivity index (χ0) is 22.5. The molecule has 5 nitrogen and oxygen atoms in total. The first-order chi connectivity index (χ1) is 16.3. The third kappa shape index (κ3) is 4.76. The van der Waals surface area contributed by atoms with Crippen molar-refractivity contribution in [1.82, 2.24) is 19.7 Å². The molecule has 164 valence electrons. The Hall–Kier alpha value is -3.64. The van der Waals surface area contributed by atoms with Gasteiger partial charge in [-0.25, -0.2) is 0 Å². The number of aromatic nitrogens is 4. The van der Waals surface area contributed by atoms with Gasteiger partial charge < -0.3 is 4.74 Å².